The van der Waals surface area contributed by atoms with E-state index < -0.39 is 15.9 Å². The molecule has 8 heteroatoms. The van der Waals surface area contributed by atoms with Crippen LogP contribution in [0.5, 0.6) is 0 Å². The molecule has 0 atom stereocenters. The van der Waals surface area contributed by atoms with Gasteiger partial charge in [0.15, 0.2) is 0 Å². The zero-order chi connectivity index (χ0) is 17.9. The van der Waals surface area contributed by atoms with Crippen molar-refractivity contribution in [2.45, 2.75) is 11.8 Å². The number of halogens is 2. The van der Waals surface area contributed by atoms with Crippen molar-refractivity contribution in [1.82, 2.24) is 4.31 Å². The zero-order valence-electron chi connectivity index (χ0n) is 13.1. The van der Waals surface area contributed by atoms with Crippen LogP contribution in [0, 0.1) is 6.92 Å². The number of hydrogen-bond donors (Lipinski definition) is 1. The van der Waals surface area contributed by atoms with Crippen molar-refractivity contribution in [1.29, 1.82) is 0 Å². The predicted molar refractivity (Wildman–Crippen MR) is 96.1 cm³/mol. The smallest absolute Gasteiger partial charge is 0.243 e. The van der Waals surface area contributed by atoms with Crippen molar-refractivity contribution in [3.8, 4) is 0 Å². The highest BCUT2D eigenvalue weighted by Gasteiger charge is 2.25. The summed E-state index contributed by atoms with van der Waals surface area (Å²) < 4.78 is 26.2. The molecular formula is C16H16Cl2N2O3S. The Morgan fingerprint density at radius 3 is 2.38 bits per heavy atom. The normalized spacial score (nSPS) is 11.5. The van der Waals surface area contributed by atoms with Gasteiger partial charge in [-0.15, -0.1) is 0 Å². The van der Waals surface area contributed by atoms with Crippen molar-refractivity contribution >= 4 is 44.8 Å². The average molecular weight is 387 g/mol. The third kappa shape index (κ3) is 4.08. The quantitative estimate of drug-likeness (QED) is 0.853. The summed E-state index contributed by atoms with van der Waals surface area (Å²) in [5.74, 6) is -0.492. The molecule has 0 aliphatic carbocycles. The lowest BCUT2D eigenvalue weighted by Crippen LogP contribution is -2.35. The summed E-state index contributed by atoms with van der Waals surface area (Å²) in [5, 5.41) is 3.32. The minimum Gasteiger partial charge on any atom is -0.324 e. The van der Waals surface area contributed by atoms with E-state index in [0.717, 1.165) is 4.31 Å². The fourth-order valence-corrected chi connectivity index (χ4v) is 3.86. The number of nitrogens with one attached hydrogen (secondary N) is 1. The second kappa shape index (κ2) is 7.53. The molecule has 0 spiro atoms. The molecule has 0 aliphatic rings. The molecule has 0 aliphatic heterocycles. The largest absolute Gasteiger partial charge is 0.324 e. The molecule has 0 fully saturated rings. The SMILES string of the molecule is Cc1c(Cl)cccc1S(=O)(=O)N(C)CC(=O)Nc1ccccc1Cl. The molecule has 2 aromatic carbocycles. The maximum Gasteiger partial charge on any atom is 0.243 e. The third-order valence-electron chi connectivity index (χ3n) is 3.42. The van der Waals surface area contributed by atoms with Gasteiger partial charge in [0.25, 0.3) is 0 Å². The van der Waals surface area contributed by atoms with Crippen LogP contribution < -0.4 is 5.32 Å². The fourth-order valence-electron chi connectivity index (χ4n) is 2.07. The summed E-state index contributed by atoms with van der Waals surface area (Å²) in [5.41, 5.74) is 0.867. The van der Waals surface area contributed by atoms with E-state index in [1.165, 1.54) is 13.1 Å². The van der Waals surface area contributed by atoms with E-state index in [4.69, 9.17) is 23.2 Å². The number of nitrogens with zero attached hydrogens (tertiary/aromatic N) is 1. The Hall–Kier alpha value is -1.60. The Kier molecular flexibility index (Phi) is 5.87. The number of benzene rings is 2. The Morgan fingerprint density at radius 2 is 1.71 bits per heavy atom. The first-order valence-corrected chi connectivity index (χ1v) is 9.19. The number of sulfonamides is 1. The number of carbonyl (C=O) groups excluding carboxylic acids is 1. The summed E-state index contributed by atoms with van der Waals surface area (Å²) in [7, 11) is -2.50. The van der Waals surface area contributed by atoms with Gasteiger partial charge in [-0.05, 0) is 36.8 Å². The van der Waals surface area contributed by atoms with Gasteiger partial charge in [-0.2, -0.15) is 4.31 Å². The van der Waals surface area contributed by atoms with Crippen LogP contribution in [0.1, 0.15) is 5.56 Å². The van der Waals surface area contributed by atoms with Gasteiger partial charge in [0, 0.05) is 12.1 Å². The van der Waals surface area contributed by atoms with E-state index >= 15 is 0 Å². The first-order valence-electron chi connectivity index (χ1n) is 6.99. The molecular weight excluding hydrogens is 371 g/mol. The second-order valence-corrected chi connectivity index (χ2v) is 7.98. The molecule has 0 unspecified atom stereocenters. The number of amides is 1. The molecule has 0 saturated heterocycles. The maximum absolute atomic E-state index is 12.6. The fraction of sp³-hybridized carbons (Fsp3) is 0.188. The lowest BCUT2D eigenvalue weighted by atomic mass is 10.2. The number of anilines is 1. The molecule has 0 saturated carbocycles. The van der Waals surface area contributed by atoms with E-state index in [9.17, 15) is 13.2 Å². The molecule has 0 aromatic heterocycles. The predicted octanol–water partition coefficient (Wildman–Crippen LogP) is 3.56. The minimum atomic E-state index is -3.83. The highest BCUT2D eigenvalue weighted by molar-refractivity contribution is 7.89. The molecule has 24 heavy (non-hydrogen) atoms. The molecule has 1 amide bonds. The molecule has 128 valence electrons. The van der Waals surface area contributed by atoms with Crippen LogP contribution in [0.25, 0.3) is 0 Å². The van der Waals surface area contributed by atoms with Crippen LogP contribution in [-0.4, -0.2) is 32.2 Å². The standard InChI is InChI=1S/C16H16Cl2N2O3S/c1-11-12(17)7-5-9-15(11)24(22,23)20(2)10-16(21)19-14-8-4-3-6-13(14)18/h3-9H,10H2,1-2H3,(H,19,21). The molecule has 2 aromatic rings. The van der Waals surface area contributed by atoms with Crippen molar-refractivity contribution in [2.75, 3.05) is 18.9 Å². The van der Waals surface area contributed by atoms with Crippen LogP contribution in [0.2, 0.25) is 10.0 Å². The van der Waals surface area contributed by atoms with E-state index in [0.29, 0.717) is 21.3 Å². The van der Waals surface area contributed by atoms with Crippen LogP contribution in [0.15, 0.2) is 47.4 Å². The summed E-state index contributed by atoms with van der Waals surface area (Å²) in [4.78, 5) is 12.2. The van der Waals surface area contributed by atoms with Gasteiger partial charge in [-0.25, -0.2) is 8.42 Å². The molecule has 0 bridgehead atoms. The first kappa shape index (κ1) is 18.7. The van der Waals surface area contributed by atoms with E-state index in [2.05, 4.69) is 5.32 Å². The van der Waals surface area contributed by atoms with Crippen LogP contribution >= 0.6 is 23.2 Å². The van der Waals surface area contributed by atoms with Gasteiger partial charge in [0.05, 0.1) is 22.2 Å². The molecule has 1 N–H and O–H groups in total. The molecule has 0 radical (unpaired) electrons. The van der Waals surface area contributed by atoms with Gasteiger partial charge in [-0.1, -0.05) is 41.4 Å². The highest BCUT2D eigenvalue weighted by atomic mass is 35.5. The van der Waals surface area contributed by atoms with Gasteiger partial charge < -0.3 is 5.32 Å². The Bertz CT molecular complexity index is 869. The lowest BCUT2D eigenvalue weighted by Gasteiger charge is -2.18. The second-order valence-electron chi connectivity index (χ2n) is 5.15. The van der Waals surface area contributed by atoms with Crippen molar-refractivity contribution in [2.24, 2.45) is 0 Å². The summed E-state index contributed by atoms with van der Waals surface area (Å²) in [6.07, 6.45) is 0. The number of likely N-dealkylation sites (N-methyl/N-ethyl adjacent to an activating group) is 1. The highest BCUT2D eigenvalue weighted by Crippen LogP contribution is 2.25. The average Bonchev–Trinajstić information content (AvgIpc) is 2.52. The van der Waals surface area contributed by atoms with Crippen molar-refractivity contribution in [3.63, 3.8) is 0 Å². The Balaban J connectivity index is 2.16. The van der Waals surface area contributed by atoms with Crippen molar-refractivity contribution in [3.05, 3.63) is 58.1 Å². The number of rotatable bonds is 5. The Morgan fingerprint density at radius 1 is 1.08 bits per heavy atom. The van der Waals surface area contributed by atoms with E-state index in [-0.39, 0.29) is 11.4 Å². The number of para-hydroxylation sites is 1. The van der Waals surface area contributed by atoms with Gasteiger partial charge in [0.1, 0.15) is 0 Å². The lowest BCUT2D eigenvalue weighted by molar-refractivity contribution is -0.116. The topological polar surface area (TPSA) is 66.5 Å². The molecule has 0 heterocycles. The van der Waals surface area contributed by atoms with Crippen LogP contribution in [0.3, 0.4) is 0 Å². The molecule has 5 nitrogen and oxygen atoms in total. The van der Waals surface area contributed by atoms with E-state index in [1.807, 2.05) is 0 Å². The minimum absolute atomic E-state index is 0.0723. The molecule has 2 rings (SSSR count). The monoisotopic (exact) mass is 386 g/mol. The first-order chi connectivity index (χ1) is 11.2. The van der Waals surface area contributed by atoms with E-state index in [1.54, 1.807) is 43.3 Å². The van der Waals surface area contributed by atoms with Gasteiger partial charge in [0.2, 0.25) is 15.9 Å². The van der Waals surface area contributed by atoms with Gasteiger partial charge >= 0.3 is 0 Å². The van der Waals surface area contributed by atoms with Crippen molar-refractivity contribution < 1.29 is 13.2 Å². The number of carbonyl (C=O) groups is 1. The maximum atomic E-state index is 12.6. The zero-order valence-corrected chi connectivity index (χ0v) is 15.4. The third-order valence-corrected chi connectivity index (χ3v) is 6.11. The van der Waals surface area contributed by atoms with Crippen LogP contribution in [-0.2, 0) is 14.8 Å². The van der Waals surface area contributed by atoms with Crippen LogP contribution in [0.4, 0.5) is 5.69 Å². The summed E-state index contributed by atoms with van der Waals surface area (Å²) in [6.45, 7) is 1.27. The summed E-state index contributed by atoms with van der Waals surface area (Å²) >= 11 is 11.9. The van der Waals surface area contributed by atoms with Gasteiger partial charge in [-0.3, -0.25) is 4.79 Å². The summed E-state index contributed by atoms with van der Waals surface area (Å²) in [6, 6.07) is 11.3. The number of hydrogen-bond acceptors (Lipinski definition) is 3. The Labute approximate surface area is 151 Å².